The van der Waals surface area contributed by atoms with Crippen molar-refractivity contribution in [3.8, 4) is 0 Å². The molecule has 1 heterocycles. The highest BCUT2D eigenvalue weighted by atomic mass is 35.5. The monoisotopic (exact) mass is 422 g/mol. The molecular formula is C19H19ClN2O3S2. The predicted octanol–water partition coefficient (Wildman–Crippen LogP) is 4.86. The predicted molar refractivity (Wildman–Crippen MR) is 108 cm³/mol. The van der Waals surface area contributed by atoms with Crippen molar-refractivity contribution in [2.75, 3.05) is 0 Å². The van der Waals surface area contributed by atoms with E-state index >= 15 is 0 Å². The quantitative estimate of drug-likeness (QED) is 0.635. The van der Waals surface area contributed by atoms with Crippen LogP contribution in [0, 0.1) is 0 Å². The minimum atomic E-state index is -3.60. The summed E-state index contributed by atoms with van der Waals surface area (Å²) < 4.78 is 34.2. The van der Waals surface area contributed by atoms with Crippen LogP contribution in [0.1, 0.15) is 25.7 Å². The summed E-state index contributed by atoms with van der Waals surface area (Å²) in [5.41, 5.74) is 1.56. The first-order chi connectivity index (χ1) is 13.0. The van der Waals surface area contributed by atoms with Gasteiger partial charge in [0.25, 0.3) is 5.22 Å². The molecule has 1 aliphatic rings. The highest BCUT2D eigenvalue weighted by Gasteiger charge is 2.31. The standard InChI is InChI=1S/C19H19ClN2O3S2/c20-13-9-11-14(12-10-13)27(23,24)22-16-6-2-4-8-18(16)26-19-21-15-5-1-3-7-17(15)25-19/h1,3,5,7,9-12,16,18,22H,2,4,6,8H2/t16-,18-/m0/s1. The molecule has 0 saturated heterocycles. The van der Waals surface area contributed by atoms with Crippen molar-refractivity contribution in [2.24, 2.45) is 0 Å². The van der Waals surface area contributed by atoms with Crippen LogP contribution >= 0.6 is 23.4 Å². The fraction of sp³-hybridized carbons (Fsp3) is 0.316. The number of para-hydroxylation sites is 2. The molecule has 0 unspecified atom stereocenters. The van der Waals surface area contributed by atoms with Gasteiger partial charge in [-0.3, -0.25) is 0 Å². The first-order valence-electron chi connectivity index (χ1n) is 8.81. The molecule has 5 nitrogen and oxygen atoms in total. The topological polar surface area (TPSA) is 72.2 Å². The molecule has 0 spiro atoms. The maximum Gasteiger partial charge on any atom is 0.257 e. The summed E-state index contributed by atoms with van der Waals surface area (Å²) in [4.78, 5) is 4.74. The molecule has 1 fully saturated rings. The Bertz CT molecular complexity index is 1000. The Morgan fingerprint density at radius 3 is 2.59 bits per heavy atom. The Morgan fingerprint density at radius 2 is 1.81 bits per heavy atom. The van der Waals surface area contributed by atoms with Gasteiger partial charge in [-0.2, -0.15) is 0 Å². The number of hydrogen-bond donors (Lipinski definition) is 1. The van der Waals surface area contributed by atoms with Crippen LogP contribution in [0.4, 0.5) is 0 Å². The zero-order chi connectivity index (χ0) is 18.9. The molecule has 2 atom stereocenters. The zero-order valence-electron chi connectivity index (χ0n) is 14.5. The molecule has 27 heavy (non-hydrogen) atoms. The van der Waals surface area contributed by atoms with E-state index in [0.717, 1.165) is 36.8 Å². The van der Waals surface area contributed by atoms with Crippen LogP contribution in [0.15, 0.2) is 63.1 Å². The Hall–Kier alpha value is -1.54. The Balaban J connectivity index is 1.52. The maximum atomic E-state index is 12.7. The number of thioether (sulfide) groups is 1. The molecule has 1 aromatic heterocycles. The van der Waals surface area contributed by atoms with E-state index in [-0.39, 0.29) is 16.2 Å². The molecule has 0 aliphatic heterocycles. The summed E-state index contributed by atoms with van der Waals surface area (Å²) in [7, 11) is -3.60. The lowest BCUT2D eigenvalue weighted by atomic mass is 9.96. The molecule has 142 valence electrons. The highest BCUT2D eigenvalue weighted by molar-refractivity contribution is 7.99. The zero-order valence-corrected chi connectivity index (χ0v) is 16.9. The second kappa shape index (κ2) is 7.83. The number of benzene rings is 2. The van der Waals surface area contributed by atoms with Gasteiger partial charge in [-0.1, -0.05) is 48.3 Å². The van der Waals surface area contributed by atoms with Crippen molar-refractivity contribution in [3.63, 3.8) is 0 Å². The van der Waals surface area contributed by atoms with Gasteiger partial charge >= 0.3 is 0 Å². The molecule has 8 heteroatoms. The van der Waals surface area contributed by atoms with E-state index in [2.05, 4.69) is 9.71 Å². The maximum absolute atomic E-state index is 12.7. The Labute approximate surface area is 167 Å². The lowest BCUT2D eigenvalue weighted by Gasteiger charge is -2.30. The number of nitrogens with zero attached hydrogens (tertiary/aromatic N) is 1. The van der Waals surface area contributed by atoms with Crippen molar-refractivity contribution >= 4 is 44.5 Å². The summed E-state index contributed by atoms with van der Waals surface area (Å²) in [6.07, 6.45) is 3.78. The molecule has 2 aromatic carbocycles. The van der Waals surface area contributed by atoms with E-state index in [1.54, 1.807) is 12.1 Å². The SMILES string of the molecule is O=S(=O)(N[C@H]1CCCC[C@@H]1Sc1nc2ccccc2o1)c1ccc(Cl)cc1. The first-order valence-corrected chi connectivity index (χ1v) is 11.6. The summed E-state index contributed by atoms with van der Waals surface area (Å²) in [5, 5.41) is 1.17. The number of aromatic nitrogens is 1. The third kappa shape index (κ3) is 4.32. The molecule has 1 saturated carbocycles. The Kier molecular flexibility index (Phi) is 5.45. The molecule has 0 amide bonds. The van der Waals surface area contributed by atoms with Crippen LogP contribution < -0.4 is 4.72 Å². The van der Waals surface area contributed by atoms with Crippen molar-refractivity contribution < 1.29 is 12.8 Å². The molecule has 1 N–H and O–H groups in total. The van der Waals surface area contributed by atoms with Gasteiger partial charge in [0, 0.05) is 16.3 Å². The van der Waals surface area contributed by atoms with Gasteiger partial charge < -0.3 is 4.42 Å². The first kappa shape index (κ1) is 18.8. The van der Waals surface area contributed by atoms with E-state index in [9.17, 15) is 8.42 Å². The fourth-order valence-electron chi connectivity index (χ4n) is 3.28. The molecule has 0 radical (unpaired) electrons. The van der Waals surface area contributed by atoms with Crippen LogP contribution in [0.3, 0.4) is 0 Å². The highest BCUT2D eigenvalue weighted by Crippen LogP contribution is 2.35. The van der Waals surface area contributed by atoms with Crippen LogP contribution in [0.25, 0.3) is 11.1 Å². The number of sulfonamides is 1. The summed E-state index contributed by atoms with van der Waals surface area (Å²) >= 11 is 7.38. The second-order valence-corrected chi connectivity index (χ2v) is 9.91. The van der Waals surface area contributed by atoms with Gasteiger partial charge in [-0.15, -0.1) is 0 Å². The third-order valence-electron chi connectivity index (χ3n) is 4.66. The summed E-state index contributed by atoms with van der Waals surface area (Å²) in [5.74, 6) is 0. The van der Waals surface area contributed by atoms with E-state index in [1.165, 1.54) is 23.9 Å². The van der Waals surface area contributed by atoms with Crippen LogP contribution in [0.2, 0.25) is 5.02 Å². The minimum absolute atomic E-state index is 0.0777. The van der Waals surface area contributed by atoms with Gasteiger partial charge in [0.2, 0.25) is 10.0 Å². The fourth-order valence-corrected chi connectivity index (χ4v) is 6.01. The number of fused-ring (bicyclic) bond motifs is 1. The number of rotatable bonds is 5. The van der Waals surface area contributed by atoms with E-state index < -0.39 is 10.0 Å². The van der Waals surface area contributed by atoms with Gasteiger partial charge in [-0.25, -0.2) is 18.1 Å². The van der Waals surface area contributed by atoms with E-state index in [4.69, 9.17) is 16.0 Å². The van der Waals surface area contributed by atoms with Crippen LogP contribution in [0.5, 0.6) is 0 Å². The van der Waals surface area contributed by atoms with E-state index in [0.29, 0.717) is 10.2 Å². The molecule has 3 aromatic rings. The lowest BCUT2D eigenvalue weighted by Crippen LogP contribution is -2.43. The summed E-state index contributed by atoms with van der Waals surface area (Å²) in [6.45, 7) is 0. The molecule has 0 bridgehead atoms. The number of oxazole rings is 1. The van der Waals surface area contributed by atoms with E-state index in [1.807, 2.05) is 24.3 Å². The second-order valence-electron chi connectivity index (χ2n) is 6.57. The number of hydrogen-bond acceptors (Lipinski definition) is 5. The van der Waals surface area contributed by atoms with Crippen molar-refractivity contribution in [2.45, 2.75) is 47.1 Å². The average molecular weight is 423 g/mol. The van der Waals surface area contributed by atoms with Gasteiger partial charge in [0.15, 0.2) is 5.58 Å². The van der Waals surface area contributed by atoms with Gasteiger partial charge in [-0.05, 0) is 49.2 Å². The molecular weight excluding hydrogens is 404 g/mol. The van der Waals surface area contributed by atoms with Crippen molar-refractivity contribution in [1.29, 1.82) is 0 Å². The van der Waals surface area contributed by atoms with Crippen LogP contribution in [-0.4, -0.2) is 24.7 Å². The van der Waals surface area contributed by atoms with Crippen LogP contribution in [-0.2, 0) is 10.0 Å². The summed E-state index contributed by atoms with van der Waals surface area (Å²) in [6, 6.07) is 13.7. The van der Waals surface area contributed by atoms with Crippen molar-refractivity contribution in [1.82, 2.24) is 9.71 Å². The molecule has 4 rings (SSSR count). The molecule has 1 aliphatic carbocycles. The number of nitrogens with one attached hydrogen (secondary N) is 1. The lowest BCUT2D eigenvalue weighted by molar-refractivity contribution is 0.417. The minimum Gasteiger partial charge on any atom is -0.431 e. The number of halogens is 1. The Morgan fingerprint density at radius 1 is 1.07 bits per heavy atom. The van der Waals surface area contributed by atoms with Crippen molar-refractivity contribution in [3.05, 3.63) is 53.6 Å². The van der Waals surface area contributed by atoms with Gasteiger partial charge in [0.1, 0.15) is 5.52 Å². The smallest absolute Gasteiger partial charge is 0.257 e. The largest absolute Gasteiger partial charge is 0.431 e. The third-order valence-corrected chi connectivity index (χ3v) is 7.66. The average Bonchev–Trinajstić information content (AvgIpc) is 3.06. The van der Waals surface area contributed by atoms with Gasteiger partial charge in [0.05, 0.1) is 4.90 Å². The normalized spacial score (nSPS) is 20.8.